The number of benzene rings is 2. The van der Waals surface area contributed by atoms with Gasteiger partial charge in [0.15, 0.2) is 0 Å². The highest BCUT2D eigenvalue weighted by atomic mass is 16.6. The molecule has 0 aliphatic carbocycles. The molecule has 0 spiro atoms. The summed E-state index contributed by atoms with van der Waals surface area (Å²) in [7, 11) is 1.53. The first-order chi connectivity index (χ1) is 14.5. The third-order valence-corrected chi connectivity index (χ3v) is 4.55. The smallest absolute Gasteiger partial charge is 0.411 e. The van der Waals surface area contributed by atoms with Crippen LogP contribution in [0.5, 0.6) is 0 Å². The van der Waals surface area contributed by atoms with E-state index in [9.17, 15) is 9.59 Å². The highest BCUT2D eigenvalue weighted by Gasteiger charge is 2.10. The Balaban J connectivity index is 1.64. The zero-order valence-corrected chi connectivity index (χ0v) is 17.3. The molecule has 0 radical (unpaired) electrons. The van der Waals surface area contributed by atoms with E-state index in [0.29, 0.717) is 23.5 Å². The zero-order chi connectivity index (χ0) is 21.5. The van der Waals surface area contributed by atoms with E-state index in [-0.39, 0.29) is 12.5 Å². The zero-order valence-electron chi connectivity index (χ0n) is 17.3. The molecule has 0 saturated carbocycles. The summed E-state index contributed by atoms with van der Waals surface area (Å²) in [6, 6.07) is 18.4. The number of nitrogens with one attached hydrogen (secondary N) is 2. The Morgan fingerprint density at radius 1 is 0.867 bits per heavy atom. The number of carbonyl (C=O) groups is 2. The average Bonchev–Trinajstić information content (AvgIpc) is 3.06. The summed E-state index contributed by atoms with van der Waals surface area (Å²) in [6.07, 6.45) is -0.582. The molecule has 2 aromatic carbocycles. The molecule has 2 amide bonds. The number of carbonyl (C=O) groups excluding carboxylic acids is 2. The fourth-order valence-electron chi connectivity index (χ4n) is 3.09. The number of anilines is 2. The van der Waals surface area contributed by atoms with E-state index in [1.165, 1.54) is 7.11 Å². The molecule has 0 bridgehead atoms. The molecule has 1 heterocycles. The number of hydrogen-bond donors (Lipinski definition) is 2. The summed E-state index contributed by atoms with van der Waals surface area (Å²) in [6.45, 7) is 4.58. The number of aromatic nitrogens is 1. The predicted molar refractivity (Wildman–Crippen MR) is 116 cm³/mol. The minimum atomic E-state index is -0.582. The number of nitrogens with zero attached hydrogens (tertiary/aromatic N) is 1. The van der Waals surface area contributed by atoms with Gasteiger partial charge in [-0.1, -0.05) is 6.07 Å². The van der Waals surface area contributed by atoms with Gasteiger partial charge in [0.1, 0.15) is 6.61 Å². The number of hydrogen-bond acceptors (Lipinski definition) is 4. The molecule has 156 valence electrons. The number of ether oxygens (including phenoxy) is 2. The van der Waals surface area contributed by atoms with Crippen molar-refractivity contribution in [1.29, 1.82) is 0 Å². The van der Waals surface area contributed by atoms with Crippen LogP contribution in [-0.2, 0) is 9.47 Å². The van der Waals surface area contributed by atoms with Crippen molar-refractivity contribution in [2.45, 2.75) is 13.8 Å². The van der Waals surface area contributed by atoms with Crippen molar-refractivity contribution >= 4 is 23.4 Å². The van der Waals surface area contributed by atoms with Crippen molar-refractivity contribution < 1.29 is 19.1 Å². The number of aryl methyl sites for hydroxylation is 2. The maximum absolute atomic E-state index is 12.6. The van der Waals surface area contributed by atoms with E-state index in [1.807, 2.05) is 26.0 Å². The second-order valence-corrected chi connectivity index (χ2v) is 6.79. The maximum atomic E-state index is 12.6. The number of methoxy groups -OCH3 is 1. The molecule has 30 heavy (non-hydrogen) atoms. The second-order valence-electron chi connectivity index (χ2n) is 6.79. The van der Waals surface area contributed by atoms with E-state index in [1.54, 1.807) is 36.4 Å². The Kier molecular flexibility index (Phi) is 6.87. The Bertz CT molecular complexity index is 1010. The van der Waals surface area contributed by atoms with Gasteiger partial charge in [-0.05, 0) is 68.4 Å². The summed E-state index contributed by atoms with van der Waals surface area (Å²) in [5, 5.41) is 5.46. The Morgan fingerprint density at radius 2 is 1.50 bits per heavy atom. The first-order valence-electron chi connectivity index (χ1n) is 9.57. The van der Waals surface area contributed by atoms with Crippen LogP contribution < -0.4 is 10.6 Å². The van der Waals surface area contributed by atoms with Gasteiger partial charge < -0.3 is 19.4 Å². The minimum Gasteiger partial charge on any atom is -0.447 e. The van der Waals surface area contributed by atoms with Crippen LogP contribution in [0.3, 0.4) is 0 Å². The van der Waals surface area contributed by atoms with Crippen molar-refractivity contribution in [3.8, 4) is 5.69 Å². The molecule has 0 aliphatic heterocycles. The Morgan fingerprint density at radius 3 is 2.13 bits per heavy atom. The summed E-state index contributed by atoms with van der Waals surface area (Å²) in [5.41, 5.74) is 4.90. The molecule has 1 aromatic heterocycles. The Labute approximate surface area is 175 Å². The molecular weight excluding hydrogens is 382 g/mol. The van der Waals surface area contributed by atoms with Gasteiger partial charge in [0.25, 0.3) is 5.91 Å². The van der Waals surface area contributed by atoms with Gasteiger partial charge >= 0.3 is 6.09 Å². The van der Waals surface area contributed by atoms with Gasteiger partial charge in [-0.2, -0.15) is 0 Å². The fraction of sp³-hybridized carbons (Fsp3) is 0.217. The first-order valence-corrected chi connectivity index (χ1v) is 9.57. The molecule has 7 heteroatoms. The number of rotatable bonds is 7. The van der Waals surface area contributed by atoms with Crippen molar-refractivity contribution in [2.24, 2.45) is 0 Å². The topological polar surface area (TPSA) is 81.6 Å². The molecule has 0 atom stereocenters. The van der Waals surface area contributed by atoms with Crippen LogP contribution in [0.2, 0.25) is 0 Å². The maximum Gasteiger partial charge on any atom is 0.411 e. The van der Waals surface area contributed by atoms with E-state index in [0.717, 1.165) is 17.1 Å². The minimum absolute atomic E-state index is 0.164. The fourth-order valence-corrected chi connectivity index (χ4v) is 3.09. The molecule has 0 fully saturated rings. The molecule has 0 saturated heterocycles. The van der Waals surface area contributed by atoms with Crippen LogP contribution in [0.1, 0.15) is 21.7 Å². The number of amides is 2. The third kappa shape index (κ3) is 5.27. The van der Waals surface area contributed by atoms with Crippen LogP contribution in [0.15, 0.2) is 60.7 Å². The van der Waals surface area contributed by atoms with Gasteiger partial charge in [-0.15, -0.1) is 0 Å². The van der Waals surface area contributed by atoms with Gasteiger partial charge in [-0.3, -0.25) is 10.1 Å². The van der Waals surface area contributed by atoms with Crippen LogP contribution in [0, 0.1) is 13.8 Å². The standard InChI is InChI=1S/C23H25N3O4/c1-16-7-8-17(2)26(16)21-11-9-18(10-12-21)22(27)24-19-5-4-6-20(15-19)25-23(28)30-14-13-29-3/h4-12,15H,13-14H2,1-3H3,(H,24,27)(H,25,28). The van der Waals surface area contributed by atoms with E-state index in [4.69, 9.17) is 9.47 Å². The monoisotopic (exact) mass is 407 g/mol. The predicted octanol–water partition coefficient (Wildman–Crippen LogP) is 4.54. The van der Waals surface area contributed by atoms with Crippen LogP contribution in [0.4, 0.5) is 16.2 Å². The van der Waals surface area contributed by atoms with Crippen molar-refractivity contribution in [3.63, 3.8) is 0 Å². The van der Waals surface area contributed by atoms with E-state index < -0.39 is 6.09 Å². The van der Waals surface area contributed by atoms with Crippen LogP contribution >= 0.6 is 0 Å². The SMILES string of the molecule is COCCOC(=O)Nc1cccc(NC(=O)c2ccc(-n3c(C)ccc3C)cc2)c1. The second kappa shape index (κ2) is 9.76. The Hall–Kier alpha value is -3.58. The summed E-state index contributed by atoms with van der Waals surface area (Å²) in [5.74, 6) is -0.234. The lowest BCUT2D eigenvalue weighted by atomic mass is 10.1. The van der Waals surface area contributed by atoms with Gasteiger partial charge in [0.2, 0.25) is 0 Å². The van der Waals surface area contributed by atoms with Crippen LogP contribution in [0.25, 0.3) is 5.69 Å². The summed E-state index contributed by atoms with van der Waals surface area (Å²) in [4.78, 5) is 24.4. The van der Waals surface area contributed by atoms with Gasteiger partial charge in [0, 0.05) is 41.1 Å². The highest BCUT2D eigenvalue weighted by Crippen LogP contribution is 2.19. The largest absolute Gasteiger partial charge is 0.447 e. The van der Waals surface area contributed by atoms with Gasteiger partial charge in [0.05, 0.1) is 6.61 Å². The quantitative estimate of drug-likeness (QED) is 0.564. The lowest BCUT2D eigenvalue weighted by molar-refractivity contribution is 0.102. The molecule has 3 aromatic rings. The third-order valence-electron chi connectivity index (χ3n) is 4.55. The summed E-state index contributed by atoms with van der Waals surface area (Å²) < 4.78 is 11.9. The lowest BCUT2D eigenvalue weighted by Crippen LogP contribution is -2.17. The first kappa shape index (κ1) is 21.1. The van der Waals surface area contributed by atoms with Crippen LogP contribution in [-0.4, -0.2) is 36.9 Å². The lowest BCUT2D eigenvalue weighted by Gasteiger charge is -2.11. The molecular formula is C23H25N3O4. The summed E-state index contributed by atoms with van der Waals surface area (Å²) >= 11 is 0. The van der Waals surface area contributed by atoms with E-state index >= 15 is 0 Å². The molecule has 0 unspecified atom stereocenters. The average molecular weight is 407 g/mol. The molecule has 7 nitrogen and oxygen atoms in total. The highest BCUT2D eigenvalue weighted by molar-refractivity contribution is 6.04. The normalized spacial score (nSPS) is 10.5. The van der Waals surface area contributed by atoms with Crippen molar-refractivity contribution in [3.05, 3.63) is 77.6 Å². The van der Waals surface area contributed by atoms with E-state index in [2.05, 4.69) is 27.3 Å². The molecule has 0 aliphatic rings. The van der Waals surface area contributed by atoms with Crippen molar-refractivity contribution in [2.75, 3.05) is 31.0 Å². The van der Waals surface area contributed by atoms with Gasteiger partial charge in [-0.25, -0.2) is 4.79 Å². The molecule has 3 rings (SSSR count). The molecule has 2 N–H and O–H groups in total. The van der Waals surface area contributed by atoms with Crippen molar-refractivity contribution in [1.82, 2.24) is 4.57 Å².